The fraction of sp³-hybridized carbons (Fsp3) is 0.333. The minimum absolute atomic E-state index is 0.0453. The molecular weight excluding hydrogens is 706 g/mol. The molecule has 0 saturated heterocycles. The number of nitrogens with zero attached hydrogens (tertiary/aromatic N) is 1. The Morgan fingerprint density at radius 1 is 0.907 bits per heavy atom. The van der Waals surface area contributed by atoms with Crippen molar-refractivity contribution < 1.29 is 48.1 Å². The number of benzene rings is 2. The van der Waals surface area contributed by atoms with Crippen molar-refractivity contribution in [1.29, 1.82) is 0 Å². The summed E-state index contributed by atoms with van der Waals surface area (Å²) in [5, 5.41) is 26.6. The molecule has 0 aliphatic rings. The molecule has 4 aromatic rings. The maximum absolute atomic E-state index is 13.2. The number of H-pyrrole nitrogens is 1. The van der Waals surface area contributed by atoms with Crippen molar-refractivity contribution in [2.24, 2.45) is 11.5 Å². The standard InChI is InChI=1S/C25H34N6O8.C11H9NO3/c26-11-5-4-8-19(24(36)37)30-22(34)18(9-10-21(32)33)29-23(35)20(12-17-13-27-15-28-17)31-25(38)39-14-16-6-2-1-3-7-16;1-6-4-10(13)15-9-5-7(11(12)14)2-3-8(6)9/h1-3,6-7,13,15,18-20H,4-5,8-12,14,26H2,(H,27,28)(H,29,35)(H,30,34)(H,31,38)(H,32,33)(H,36,37);2-5H,1H3,(H2,12,14)/t18-,19-,20-;/m0./s1. The van der Waals surface area contributed by atoms with Crippen LogP contribution in [0.3, 0.4) is 0 Å². The SMILES string of the molecule is Cc1cc(=O)oc2cc(C(N)=O)ccc12.NCCCC[C@H](NC(=O)[C@H](CCC(=O)O)NC(=O)[C@H](Cc1cnc[nH]1)NC(=O)OCc1ccccc1)C(=O)O. The van der Waals surface area contributed by atoms with E-state index < -0.39 is 65.9 Å². The van der Waals surface area contributed by atoms with Crippen LogP contribution >= 0.6 is 0 Å². The molecule has 54 heavy (non-hydrogen) atoms. The van der Waals surface area contributed by atoms with Gasteiger partial charge >= 0.3 is 23.7 Å². The normalized spacial score (nSPS) is 12.3. The molecule has 0 saturated carbocycles. The van der Waals surface area contributed by atoms with E-state index in [1.54, 1.807) is 36.4 Å². The molecule has 18 heteroatoms. The Morgan fingerprint density at radius 3 is 2.24 bits per heavy atom. The van der Waals surface area contributed by atoms with Gasteiger partial charge in [0.15, 0.2) is 0 Å². The summed E-state index contributed by atoms with van der Waals surface area (Å²) >= 11 is 0. The largest absolute Gasteiger partial charge is 0.481 e. The van der Waals surface area contributed by atoms with Gasteiger partial charge in [-0.3, -0.25) is 19.2 Å². The van der Waals surface area contributed by atoms with Gasteiger partial charge in [-0.15, -0.1) is 0 Å². The van der Waals surface area contributed by atoms with Gasteiger partial charge in [-0.25, -0.2) is 19.4 Å². The molecule has 10 N–H and O–H groups in total. The third kappa shape index (κ3) is 13.9. The maximum Gasteiger partial charge on any atom is 0.408 e. The molecule has 2 aromatic carbocycles. The van der Waals surface area contributed by atoms with E-state index in [9.17, 15) is 38.7 Å². The van der Waals surface area contributed by atoms with E-state index in [1.165, 1.54) is 24.7 Å². The van der Waals surface area contributed by atoms with Gasteiger partial charge in [0.1, 0.15) is 30.3 Å². The van der Waals surface area contributed by atoms with Crippen LogP contribution in [-0.2, 0) is 36.9 Å². The molecule has 2 heterocycles. The van der Waals surface area contributed by atoms with Gasteiger partial charge in [0.2, 0.25) is 17.7 Å². The maximum atomic E-state index is 13.2. The third-order valence-electron chi connectivity index (χ3n) is 7.88. The zero-order chi connectivity index (χ0) is 39.6. The highest BCUT2D eigenvalue weighted by molar-refractivity contribution is 5.97. The fourth-order valence-corrected chi connectivity index (χ4v) is 5.04. The highest BCUT2D eigenvalue weighted by Gasteiger charge is 2.30. The van der Waals surface area contributed by atoms with Crippen LogP contribution in [-0.4, -0.2) is 80.6 Å². The number of carbonyl (C=O) groups excluding carboxylic acids is 4. The number of amides is 4. The molecule has 3 atom stereocenters. The van der Waals surface area contributed by atoms with Crippen molar-refractivity contribution in [2.45, 2.75) is 70.2 Å². The van der Waals surface area contributed by atoms with Crippen LogP contribution in [0.4, 0.5) is 4.79 Å². The second-order valence-electron chi connectivity index (χ2n) is 12.0. The zero-order valence-corrected chi connectivity index (χ0v) is 29.4. The number of carboxylic acid groups (broad SMARTS) is 2. The number of fused-ring (bicyclic) bond motifs is 1. The summed E-state index contributed by atoms with van der Waals surface area (Å²) in [6.45, 7) is 2.12. The first-order valence-corrected chi connectivity index (χ1v) is 16.8. The molecule has 4 rings (SSSR count). The molecule has 0 spiro atoms. The van der Waals surface area contributed by atoms with E-state index in [0.717, 1.165) is 16.5 Å². The predicted molar refractivity (Wildman–Crippen MR) is 193 cm³/mol. The summed E-state index contributed by atoms with van der Waals surface area (Å²) in [6, 6.07) is 11.2. The molecule has 0 unspecified atom stereocenters. The smallest absolute Gasteiger partial charge is 0.408 e. The Labute approximate surface area is 308 Å². The van der Waals surface area contributed by atoms with Crippen molar-refractivity contribution in [3.05, 3.63) is 99.9 Å². The van der Waals surface area contributed by atoms with Crippen LogP contribution in [0, 0.1) is 6.92 Å². The number of aliphatic carboxylic acids is 2. The lowest BCUT2D eigenvalue weighted by Gasteiger charge is -2.24. The van der Waals surface area contributed by atoms with Gasteiger partial charge in [0.05, 0.1) is 6.33 Å². The van der Waals surface area contributed by atoms with Gasteiger partial charge in [0.25, 0.3) is 0 Å². The number of rotatable bonds is 18. The highest BCUT2D eigenvalue weighted by atomic mass is 16.5. The number of hydrogen-bond donors (Lipinski definition) is 8. The van der Waals surface area contributed by atoms with Crippen LogP contribution < -0.4 is 33.0 Å². The number of aryl methyl sites for hydroxylation is 1. The number of nitrogens with two attached hydrogens (primary N) is 2. The van der Waals surface area contributed by atoms with Gasteiger partial charge in [-0.1, -0.05) is 36.4 Å². The first-order valence-electron chi connectivity index (χ1n) is 16.8. The van der Waals surface area contributed by atoms with Crippen LogP contribution in [0.25, 0.3) is 11.0 Å². The molecule has 0 bridgehead atoms. The minimum Gasteiger partial charge on any atom is -0.481 e. The summed E-state index contributed by atoms with van der Waals surface area (Å²) in [5.74, 6) is -4.69. The number of hydrogen-bond acceptors (Lipinski definition) is 11. The topological polar surface area (TPSA) is 299 Å². The Bertz CT molecular complexity index is 1950. The number of primary amides is 1. The first kappa shape index (κ1) is 41.9. The van der Waals surface area contributed by atoms with Gasteiger partial charge in [-0.2, -0.15) is 0 Å². The average molecular weight is 750 g/mol. The fourth-order valence-electron chi connectivity index (χ4n) is 5.04. The van der Waals surface area contributed by atoms with Crippen LogP contribution in [0.2, 0.25) is 0 Å². The van der Waals surface area contributed by atoms with E-state index in [1.807, 2.05) is 13.0 Å². The lowest BCUT2D eigenvalue weighted by molar-refractivity contribution is -0.143. The lowest BCUT2D eigenvalue weighted by Crippen LogP contribution is -2.56. The second-order valence-corrected chi connectivity index (χ2v) is 12.0. The summed E-state index contributed by atoms with van der Waals surface area (Å²) in [4.78, 5) is 90.1. The summed E-state index contributed by atoms with van der Waals surface area (Å²) in [7, 11) is 0. The zero-order valence-electron chi connectivity index (χ0n) is 29.4. The molecule has 0 aliphatic heterocycles. The summed E-state index contributed by atoms with van der Waals surface area (Å²) in [5.41, 5.74) is 12.9. The molecule has 0 radical (unpaired) electrons. The lowest BCUT2D eigenvalue weighted by atomic mass is 10.1. The Kier molecular flexibility index (Phi) is 16.3. The molecule has 4 amide bonds. The number of nitrogens with one attached hydrogen (secondary N) is 4. The molecule has 0 aliphatic carbocycles. The molecule has 288 valence electrons. The number of aromatic amines is 1. The van der Waals surface area contributed by atoms with Crippen molar-refractivity contribution in [3.8, 4) is 0 Å². The van der Waals surface area contributed by atoms with Gasteiger partial charge < -0.3 is 51.8 Å². The number of carbonyl (C=O) groups is 6. The average Bonchev–Trinajstić information content (AvgIpc) is 3.65. The summed E-state index contributed by atoms with van der Waals surface area (Å²) < 4.78 is 10.2. The van der Waals surface area contributed by atoms with Gasteiger partial charge in [0, 0.05) is 41.7 Å². The number of imidazole rings is 1. The first-order chi connectivity index (χ1) is 25.8. The van der Waals surface area contributed by atoms with Crippen molar-refractivity contribution in [2.75, 3.05) is 6.54 Å². The summed E-state index contributed by atoms with van der Waals surface area (Å²) in [6.07, 6.45) is 2.23. The van der Waals surface area contributed by atoms with Gasteiger partial charge in [-0.05, 0) is 62.4 Å². The number of aromatic nitrogens is 2. The Morgan fingerprint density at radius 2 is 1.61 bits per heavy atom. The quantitative estimate of drug-likeness (QED) is 0.0529. The van der Waals surface area contributed by atoms with E-state index in [0.29, 0.717) is 36.2 Å². The monoisotopic (exact) mass is 749 g/mol. The Hall–Kier alpha value is -6.56. The van der Waals surface area contributed by atoms with Crippen LogP contribution in [0.15, 0.2) is 76.3 Å². The number of alkyl carbamates (subject to hydrolysis) is 1. The van der Waals surface area contributed by atoms with Crippen molar-refractivity contribution in [1.82, 2.24) is 25.9 Å². The molecule has 2 aromatic heterocycles. The van der Waals surface area contributed by atoms with Crippen LogP contribution in [0.1, 0.15) is 59.3 Å². The highest BCUT2D eigenvalue weighted by Crippen LogP contribution is 2.17. The van der Waals surface area contributed by atoms with E-state index in [4.69, 9.17) is 25.7 Å². The van der Waals surface area contributed by atoms with Crippen molar-refractivity contribution >= 4 is 46.7 Å². The van der Waals surface area contributed by atoms with E-state index in [2.05, 4.69) is 25.9 Å². The van der Waals surface area contributed by atoms with Crippen LogP contribution in [0.5, 0.6) is 0 Å². The molecule has 0 fully saturated rings. The molecule has 18 nitrogen and oxygen atoms in total. The van der Waals surface area contributed by atoms with E-state index >= 15 is 0 Å². The number of carboxylic acids is 2. The number of ether oxygens (including phenoxy) is 1. The van der Waals surface area contributed by atoms with E-state index in [-0.39, 0.29) is 25.9 Å². The Balaban J connectivity index is 0.000000431. The second kappa shape index (κ2) is 21.1. The third-order valence-corrected chi connectivity index (χ3v) is 7.88. The molecular formula is C36H43N7O11. The number of unbranched alkanes of at least 4 members (excludes halogenated alkanes) is 1. The van der Waals surface area contributed by atoms with Crippen molar-refractivity contribution in [3.63, 3.8) is 0 Å². The minimum atomic E-state index is -1.38. The predicted octanol–water partition coefficient (Wildman–Crippen LogP) is 1.50.